The van der Waals surface area contributed by atoms with Gasteiger partial charge in [-0.1, -0.05) is 23.7 Å². The standard InChI is InChI=1S/C17H11BrClN3O2/c18-13-9-11(19)5-6-15(13)24-10-16-21-14-4-2-1-3-12(14)17(23)22(16)8-7-20/h1-6,9H,8,10H2. The first-order valence-electron chi connectivity index (χ1n) is 7.03. The van der Waals surface area contributed by atoms with E-state index in [9.17, 15) is 4.79 Å². The van der Waals surface area contributed by atoms with Gasteiger partial charge in [0.25, 0.3) is 5.56 Å². The maximum Gasteiger partial charge on any atom is 0.262 e. The van der Waals surface area contributed by atoms with Crippen LogP contribution in [0.3, 0.4) is 0 Å². The molecule has 1 aromatic heterocycles. The fraction of sp³-hybridized carbons (Fsp3) is 0.118. The molecule has 0 radical (unpaired) electrons. The third kappa shape index (κ3) is 3.28. The zero-order valence-electron chi connectivity index (χ0n) is 12.4. The molecule has 7 heteroatoms. The van der Waals surface area contributed by atoms with Crippen LogP contribution < -0.4 is 10.3 Å². The molecule has 0 bridgehead atoms. The summed E-state index contributed by atoms with van der Waals surface area (Å²) in [4.78, 5) is 17.0. The van der Waals surface area contributed by atoms with Gasteiger partial charge < -0.3 is 4.74 Å². The van der Waals surface area contributed by atoms with Crippen molar-refractivity contribution in [2.75, 3.05) is 0 Å². The van der Waals surface area contributed by atoms with Crippen molar-refractivity contribution in [1.82, 2.24) is 9.55 Å². The van der Waals surface area contributed by atoms with Gasteiger partial charge in [0, 0.05) is 5.02 Å². The summed E-state index contributed by atoms with van der Waals surface area (Å²) in [7, 11) is 0. The normalized spacial score (nSPS) is 10.5. The van der Waals surface area contributed by atoms with Crippen molar-refractivity contribution in [1.29, 1.82) is 5.26 Å². The number of para-hydroxylation sites is 1. The number of fused-ring (bicyclic) bond motifs is 1. The molecule has 0 aliphatic carbocycles. The molecule has 3 rings (SSSR count). The van der Waals surface area contributed by atoms with Crippen LogP contribution in [0.4, 0.5) is 0 Å². The number of ether oxygens (including phenoxy) is 1. The molecule has 0 unspecified atom stereocenters. The van der Waals surface area contributed by atoms with Crippen molar-refractivity contribution >= 4 is 38.4 Å². The number of aromatic nitrogens is 2. The molecule has 0 spiro atoms. The zero-order chi connectivity index (χ0) is 17.1. The Morgan fingerprint density at radius 2 is 2.08 bits per heavy atom. The molecule has 0 amide bonds. The molecule has 2 aromatic carbocycles. The molecule has 0 saturated carbocycles. The fourth-order valence-electron chi connectivity index (χ4n) is 2.29. The highest BCUT2D eigenvalue weighted by atomic mass is 79.9. The molecule has 0 fully saturated rings. The van der Waals surface area contributed by atoms with Crippen LogP contribution in [0.25, 0.3) is 10.9 Å². The van der Waals surface area contributed by atoms with E-state index in [1.54, 1.807) is 36.4 Å². The SMILES string of the molecule is N#CCn1c(COc2ccc(Cl)cc2Br)nc2ccccc2c1=O. The molecular formula is C17H11BrClN3O2. The number of benzene rings is 2. The Hall–Kier alpha value is -2.36. The Balaban J connectivity index is 2.00. The molecule has 0 N–H and O–H groups in total. The first-order valence-corrected chi connectivity index (χ1v) is 8.20. The van der Waals surface area contributed by atoms with Gasteiger partial charge in [0.1, 0.15) is 18.9 Å². The van der Waals surface area contributed by atoms with E-state index in [4.69, 9.17) is 21.6 Å². The predicted molar refractivity (Wildman–Crippen MR) is 95.1 cm³/mol. The Morgan fingerprint density at radius 1 is 1.29 bits per heavy atom. The second-order valence-electron chi connectivity index (χ2n) is 4.96. The Bertz CT molecular complexity index is 1010. The number of rotatable bonds is 4. The van der Waals surface area contributed by atoms with Gasteiger partial charge in [-0.2, -0.15) is 5.26 Å². The van der Waals surface area contributed by atoms with Crippen LogP contribution in [0.1, 0.15) is 5.82 Å². The predicted octanol–water partition coefficient (Wildman–Crippen LogP) is 3.91. The van der Waals surface area contributed by atoms with Crippen LogP contribution in [0.5, 0.6) is 5.75 Å². The van der Waals surface area contributed by atoms with Gasteiger partial charge in [-0.25, -0.2) is 4.98 Å². The van der Waals surface area contributed by atoms with Gasteiger partial charge in [0.15, 0.2) is 5.82 Å². The zero-order valence-corrected chi connectivity index (χ0v) is 14.7. The number of nitrogens with zero attached hydrogens (tertiary/aromatic N) is 3. The van der Waals surface area contributed by atoms with Gasteiger partial charge in [-0.05, 0) is 46.3 Å². The lowest BCUT2D eigenvalue weighted by atomic mass is 10.2. The van der Waals surface area contributed by atoms with Crippen molar-refractivity contribution in [3.8, 4) is 11.8 Å². The highest BCUT2D eigenvalue weighted by Crippen LogP contribution is 2.28. The molecular weight excluding hydrogens is 394 g/mol. The second kappa shape index (κ2) is 7.04. The molecule has 0 aliphatic rings. The smallest absolute Gasteiger partial charge is 0.262 e. The summed E-state index contributed by atoms with van der Waals surface area (Å²) in [5.41, 5.74) is 0.321. The van der Waals surface area contributed by atoms with Gasteiger partial charge in [-0.3, -0.25) is 9.36 Å². The third-order valence-electron chi connectivity index (χ3n) is 3.42. The Kier molecular flexibility index (Phi) is 4.84. The number of halogens is 2. The van der Waals surface area contributed by atoms with E-state index in [1.165, 1.54) is 4.57 Å². The highest BCUT2D eigenvalue weighted by Gasteiger charge is 2.12. The number of nitriles is 1. The number of hydrogen-bond donors (Lipinski definition) is 0. The van der Waals surface area contributed by atoms with Crippen LogP contribution in [0, 0.1) is 11.3 Å². The van der Waals surface area contributed by atoms with Crippen LogP contribution in [-0.2, 0) is 13.2 Å². The monoisotopic (exact) mass is 403 g/mol. The lowest BCUT2D eigenvalue weighted by Crippen LogP contribution is -2.26. The average Bonchev–Trinajstić information content (AvgIpc) is 2.57. The van der Waals surface area contributed by atoms with E-state index < -0.39 is 0 Å². The molecule has 0 saturated heterocycles. The lowest BCUT2D eigenvalue weighted by Gasteiger charge is -2.13. The van der Waals surface area contributed by atoms with E-state index in [0.29, 0.717) is 32.0 Å². The highest BCUT2D eigenvalue weighted by molar-refractivity contribution is 9.10. The summed E-state index contributed by atoms with van der Waals surface area (Å²) < 4.78 is 7.76. The minimum atomic E-state index is -0.254. The van der Waals surface area contributed by atoms with Gasteiger partial charge in [0.05, 0.1) is 21.4 Å². The molecule has 24 heavy (non-hydrogen) atoms. The van der Waals surface area contributed by atoms with Gasteiger partial charge >= 0.3 is 0 Å². The maximum atomic E-state index is 12.6. The van der Waals surface area contributed by atoms with Gasteiger partial charge in [-0.15, -0.1) is 0 Å². The fourth-order valence-corrected chi connectivity index (χ4v) is 3.09. The topological polar surface area (TPSA) is 67.9 Å². The maximum absolute atomic E-state index is 12.6. The number of hydrogen-bond acceptors (Lipinski definition) is 4. The van der Waals surface area contributed by atoms with Crippen LogP contribution in [0.15, 0.2) is 51.7 Å². The minimum Gasteiger partial charge on any atom is -0.484 e. The molecule has 3 aromatic rings. The summed E-state index contributed by atoms with van der Waals surface area (Å²) in [6, 6.07) is 14.2. The summed E-state index contributed by atoms with van der Waals surface area (Å²) in [5, 5.41) is 10.1. The second-order valence-corrected chi connectivity index (χ2v) is 6.25. The van der Waals surface area contributed by atoms with Gasteiger partial charge in [0.2, 0.25) is 0 Å². The Labute approximate surface area is 151 Å². The molecule has 1 heterocycles. The largest absolute Gasteiger partial charge is 0.484 e. The van der Waals surface area contributed by atoms with Crippen LogP contribution >= 0.6 is 27.5 Å². The van der Waals surface area contributed by atoms with Crippen molar-refractivity contribution in [3.05, 3.63) is 68.1 Å². The molecule has 5 nitrogen and oxygen atoms in total. The average molecular weight is 405 g/mol. The van der Waals surface area contributed by atoms with Crippen molar-refractivity contribution in [3.63, 3.8) is 0 Å². The summed E-state index contributed by atoms with van der Waals surface area (Å²) in [6.45, 7) is -0.0286. The quantitative estimate of drug-likeness (QED) is 0.661. The third-order valence-corrected chi connectivity index (χ3v) is 4.28. The van der Waals surface area contributed by atoms with Crippen molar-refractivity contribution < 1.29 is 4.74 Å². The minimum absolute atomic E-state index is 0.0575. The van der Waals surface area contributed by atoms with E-state index in [1.807, 2.05) is 12.1 Å². The van der Waals surface area contributed by atoms with E-state index in [0.717, 1.165) is 0 Å². The molecule has 0 aliphatic heterocycles. The molecule has 120 valence electrons. The van der Waals surface area contributed by atoms with E-state index >= 15 is 0 Å². The molecule has 0 atom stereocenters. The first-order chi connectivity index (χ1) is 11.6. The Morgan fingerprint density at radius 3 is 2.83 bits per heavy atom. The first kappa shape index (κ1) is 16.5. The summed E-state index contributed by atoms with van der Waals surface area (Å²) >= 11 is 9.28. The summed E-state index contributed by atoms with van der Waals surface area (Å²) in [6.07, 6.45) is 0. The van der Waals surface area contributed by atoms with Crippen LogP contribution in [-0.4, -0.2) is 9.55 Å². The van der Waals surface area contributed by atoms with E-state index in [2.05, 4.69) is 20.9 Å². The van der Waals surface area contributed by atoms with E-state index in [-0.39, 0.29) is 18.7 Å². The van der Waals surface area contributed by atoms with Crippen molar-refractivity contribution in [2.24, 2.45) is 0 Å². The van der Waals surface area contributed by atoms with Crippen LogP contribution in [0.2, 0.25) is 5.02 Å². The lowest BCUT2D eigenvalue weighted by molar-refractivity contribution is 0.287. The van der Waals surface area contributed by atoms with Crippen molar-refractivity contribution in [2.45, 2.75) is 13.2 Å². The summed E-state index contributed by atoms with van der Waals surface area (Å²) in [5.74, 6) is 0.965.